The molecule has 1 aromatic carbocycles. The number of aromatic nitrogens is 2. The van der Waals surface area contributed by atoms with E-state index in [0.717, 1.165) is 39.5 Å². The number of aryl methyl sites for hydroxylation is 2. The summed E-state index contributed by atoms with van der Waals surface area (Å²) in [5.41, 5.74) is 2.10. The van der Waals surface area contributed by atoms with E-state index in [0.29, 0.717) is 23.9 Å². The topological polar surface area (TPSA) is 64.2 Å². The number of hydrogen-bond donors (Lipinski definition) is 1. The largest absolute Gasteiger partial charge is 0.492 e. The molecule has 0 radical (unpaired) electrons. The number of fused-ring (bicyclic) bond motifs is 3. The highest BCUT2D eigenvalue weighted by molar-refractivity contribution is 9.10. The van der Waals surface area contributed by atoms with Gasteiger partial charge >= 0.3 is 0 Å². The SMILES string of the molecule is CCOc1cc(/C=C/c2nc3sc4c(c3c(=O)[nH]2)CCCCC4)cc(Br)c1OC. The van der Waals surface area contributed by atoms with Crippen LogP contribution in [0.2, 0.25) is 0 Å². The number of H-pyrrole nitrogens is 1. The van der Waals surface area contributed by atoms with Gasteiger partial charge in [-0.1, -0.05) is 12.5 Å². The number of rotatable bonds is 5. The second-order valence-electron chi connectivity index (χ2n) is 7.00. The van der Waals surface area contributed by atoms with Gasteiger partial charge in [-0.15, -0.1) is 11.3 Å². The van der Waals surface area contributed by atoms with Crippen LogP contribution in [0, 0.1) is 0 Å². The quantitative estimate of drug-likeness (QED) is 0.489. The number of halogens is 1. The lowest BCUT2D eigenvalue weighted by molar-refractivity contribution is 0.310. The van der Waals surface area contributed by atoms with Gasteiger partial charge in [0.05, 0.1) is 23.6 Å². The molecule has 2 heterocycles. The number of nitrogens with one attached hydrogen (secondary N) is 1. The van der Waals surface area contributed by atoms with Gasteiger partial charge in [0.15, 0.2) is 11.5 Å². The number of methoxy groups -OCH3 is 1. The molecule has 1 aliphatic rings. The fourth-order valence-corrected chi connectivity index (χ4v) is 5.65. The Balaban J connectivity index is 1.69. The zero-order valence-corrected chi connectivity index (χ0v) is 18.9. The molecule has 4 rings (SSSR count). The van der Waals surface area contributed by atoms with E-state index >= 15 is 0 Å². The lowest BCUT2D eigenvalue weighted by Gasteiger charge is -2.12. The van der Waals surface area contributed by atoms with E-state index in [2.05, 4.69) is 20.9 Å². The van der Waals surface area contributed by atoms with Gasteiger partial charge in [0.1, 0.15) is 10.7 Å². The van der Waals surface area contributed by atoms with Crippen molar-refractivity contribution in [2.45, 2.75) is 39.0 Å². The summed E-state index contributed by atoms with van der Waals surface area (Å²) in [7, 11) is 1.62. The molecular weight excluding hydrogens is 452 g/mol. The molecule has 5 nitrogen and oxygen atoms in total. The van der Waals surface area contributed by atoms with Crippen LogP contribution in [0.25, 0.3) is 22.4 Å². The second-order valence-corrected chi connectivity index (χ2v) is 8.93. The van der Waals surface area contributed by atoms with Gasteiger partial charge in [-0.05, 0) is 77.9 Å². The smallest absolute Gasteiger partial charge is 0.260 e. The van der Waals surface area contributed by atoms with Gasteiger partial charge in [-0.3, -0.25) is 4.79 Å². The van der Waals surface area contributed by atoms with Crippen LogP contribution in [-0.4, -0.2) is 23.7 Å². The van der Waals surface area contributed by atoms with Crippen molar-refractivity contribution in [3.05, 3.63) is 48.8 Å². The molecule has 0 atom stereocenters. The fraction of sp³-hybridized carbons (Fsp3) is 0.364. The molecule has 152 valence electrons. The van der Waals surface area contributed by atoms with Gasteiger partial charge < -0.3 is 14.5 Å². The maximum absolute atomic E-state index is 12.8. The van der Waals surface area contributed by atoms with Gasteiger partial charge in [-0.25, -0.2) is 4.98 Å². The van der Waals surface area contributed by atoms with Crippen molar-refractivity contribution in [1.29, 1.82) is 0 Å². The lowest BCUT2D eigenvalue weighted by Crippen LogP contribution is -2.10. The Kier molecular flexibility index (Phi) is 6.06. The summed E-state index contributed by atoms with van der Waals surface area (Å²) in [6, 6.07) is 3.86. The summed E-state index contributed by atoms with van der Waals surface area (Å²) in [5, 5.41) is 0.787. The van der Waals surface area contributed by atoms with E-state index in [-0.39, 0.29) is 5.56 Å². The Labute approximate surface area is 181 Å². The lowest BCUT2D eigenvalue weighted by atomic mass is 10.1. The van der Waals surface area contributed by atoms with Crippen molar-refractivity contribution in [3.8, 4) is 11.5 Å². The highest BCUT2D eigenvalue weighted by atomic mass is 79.9. The highest BCUT2D eigenvalue weighted by Gasteiger charge is 2.18. The predicted octanol–water partition coefficient (Wildman–Crippen LogP) is 5.59. The normalized spacial score (nSPS) is 14.2. The Bertz CT molecular complexity index is 1130. The van der Waals surface area contributed by atoms with Crippen molar-refractivity contribution in [2.24, 2.45) is 0 Å². The number of aromatic amines is 1. The molecule has 0 spiro atoms. The van der Waals surface area contributed by atoms with Gasteiger partial charge in [0, 0.05) is 4.88 Å². The Morgan fingerprint density at radius 3 is 2.86 bits per heavy atom. The van der Waals surface area contributed by atoms with Gasteiger partial charge in [-0.2, -0.15) is 0 Å². The van der Waals surface area contributed by atoms with Crippen LogP contribution in [-0.2, 0) is 12.8 Å². The second kappa shape index (κ2) is 8.71. The van der Waals surface area contributed by atoms with Crippen molar-refractivity contribution in [2.75, 3.05) is 13.7 Å². The van der Waals surface area contributed by atoms with E-state index in [1.807, 2.05) is 31.2 Å². The van der Waals surface area contributed by atoms with Gasteiger partial charge in [0.2, 0.25) is 0 Å². The molecule has 0 saturated heterocycles. The van der Waals surface area contributed by atoms with E-state index in [1.54, 1.807) is 18.4 Å². The minimum Gasteiger partial charge on any atom is -0.492 e. The molecule has 0 saturated carbocycles. The average Bonchev–Trinajstić information content (AvgIpc) is 2.88. The van der Waals surface area contributed by atoms with Crippen LogP contribution in [0.15, 0.2) is 21.4 Å². The number of thiophene rings is 1. The molecule has 3 aromatic rings. The fourth-order valence-electron chi connectivity index (χ4n) is 3.76. The highest BCUT2D eigenvalue weighted by Crippen LogP contribution is 2.37. The third-order valence-corrected chi connectivity index (χ3v) is 6.84. The average molecular weight is 475 g/mol. The van der Waals surface area contributed by atoms with E-state index in [9.17, 15) is 4.79 Å². The Morgan fingerprint density at radius 1 is 1.24 bits per heavy atom. The van der Waals surface area contributed by atoms with Crippen LogP contribution in [0.3, 0.4) is 0 Å². The number of ether oxygens (including phenoxy) is 2. The first-order chi connectivity index (χ1) is 14.1. The van der Waals surface area contributed by atoms with Crippen LogP contribution in [0.5, 0.6) is 11.5 Å². The van der Waals surface area contributed by atoms with E-state index in [1.165, 1.54) is 23.3 Å². The van der Waals surface area contributed by atoms with Gasteiger partial charge in [0.25, 0.3) is 5.56 Å². The molecule has 1 N–H and O–H groups in total. The summed E-state index contributed by atoms with van der Waals surface area (Å²) in [4.78, 5) is 22.6. The standard InChI is InChI=1S/C22H23BrN2O3S/c1-3-28-16-12-13(11-15(23)20(16)27-2)9-10-18-24-21(26)19-14-7-5-4-6-8-17(14)29-22(19)25-18/h9-12H,3-8H2,1-2H3,(H,24,25,26)/b10-9+. The zero-order valence-electron chi connectivity index (χ0n) is 16.5. The van der Waals surface area contributed by atoms with E-state index in [4.69, 9.17) is 14.5 Å². The third kappa shape index (κ3) is 4.12. The molecule has 0 fully saturated rings. The summed E-state index contributed by atoms with van der Waals surface area (Å²) in [6.45, 7) is 2.48. The molecule has 0 aliphatic heterocycles. The summed E-state index contributed by atoms with van der Waals surface area (Å²) >= 11 is 5.20. The molecule has 0 bridgehead atoms. The summed E-state index contributed by atoms with van der Waals surface area (Å²) in [6.07, 6.45) is 9.35. The first kappa shape index (κ1) is 20.2. The molecule has 29 heavy (non-hydrogen) atoms. The number of benzene rings is 1. The maximum Gasteiger partial charge on any atom is 0.260 e. The van der Waals surface area contributed by atoms with Crippen LogP contribution in [0.1, 0.15) is 48.0 Å². The minimum absolute atomic E-state index is 0.0417. The van der Waals surface area contributed by atoms with Crippen molar-refractivity contribution < 1.29 is 9.47 Å². The van der Waals surface area contributed by atoms with Crippen molar-refractivity contribution in [3.63, 3.8) is 0 Å². The van der Waals surface area contributed by atoms with Crippen LogP contribution >= 0.6 is 27.3 Å². The molecular formula is C22H23BrN2O3S. The maximum atomic E-state index is 12.8. The van der Waals surface area contributed by atoms with Crippen LogP contribution < -0.4 is 15.0 Å². The van der Waals surface area contributed by atoms with Crippen LogP contribution in [0.4, 0.5) is 0 Å². The first-order valence-corrected chi connectivity index (χ1v) is 11.4. The first-order valence-electron chi connectivity index (χ1n) is 9.83. The summed E-state index contributed by atoms with van der Waals surface area (Å²) in [5.74, 6) is 1.89. The monoisotopic (exact) mass is 474 g/mol. The summed E-state index contributed by atoms with van der Waals surface area (Å²) < 4.78 is 11.9. The molecule has 0 unspecified atom stereocenters. The molecule has 7 heteroatoms. The van der Waals surface area contributed by atoms with E-state index < -0.39 is 0 Å². The molecule has 1 aliphatic carbocycles. The Hall–Kier alpha value is -2.12. The zero-order chi connectivity index (χ0) is 20.4. The number of hydrogen-bond acceptors (Lipinski definition) is 5. The van der Waals surface area contributed by atoms with Crippen molar-refractivity contribution in [1.82, 2.24) is 9.97 Å². The minimum atomic E-state index is -0.0417. The van der Waals surface area contributed by atoms with Crippen molar-refractivity contribution >= 4 is 49.6 Å². The molecule has 0 amide bonds. The molecule has 2 aromatic heterocycles. The Morgan fingerprint density at radius 2 is 2.07 bits per heavy atom. The predicted molar refractivity (Wildman–Crippen MR) is 122 cm³/mol. The number of nitrogens with zero attached hydrogens (tertiary/aromatic N) is 1. The third-order valence-electron chi connectivity index (χ3n) is 5.06.